The number of benzene rings is 1. The summed E-state index contributed by atoms with van der Waals surface area (Å²) in [6.45, 7) is 4.93. The van der Waals surface area contributed by atoms with E-state index in [9.17, 15) is 19.6 Å². The first-order chi connectivity index (χ1) is 16.6. The van der Waals surface area contributed by atoms with E-state index in [1.165, 1.54) is 29.1 Å². The number of anilines is 1. The van der Waals surface area contributed by atoms with Crippen molar-refractivity contribution in [3.63, 3.8) is 0 Å². The van der Waals surface area contributed by atoms with Crippen molar-refractivity contribution in [2.75, 3.05) is 11.9 Å². The molecule has 180 valence electrons. The summed E-state index contributed by atoms with van der Waals surface area (Å²) < 4.78 is 1.67. The molecule has 0 saturated heterocycles. The first kappa shape index (κ1) is 25.7. The van der Waals surface area contributed by atoms with Gasteiger partial charge in [0.05, 0.1) is 22.9 Å². The third-order valence-electron chi connectivity index (χ3n) is 4.95. The van der Waals surface area contributed by atoms with Gasteiger partial charge in [0.2, 0.25) is 0 Å². The molecule has 13 heteroatoms. The van der Waals surface area contributed by atoms with Crippen LogP contribution >= 0.6 is 27.5 Å². The predicted octanol–water partition coefficient (Wildman–Crippen LogP) is 4.07. The molecule has 0 aliphatic heterocycles. The van der Waals surface area contributed by atoms with Crippen molar-refractivity contribution in [3.8, 4) is 11.9 Å². The van der Waals surface area contributed by atoms with Crippen molar-refractivity contribution >= 4 is 51.1 Å². The van der Waals surface area contributed by atoms with Gasteiger partial charge >= 0.3 is 6.09 Å². The molecule has 3 amide bonds. The number of nitriles is 1. The molecule has 2 aromatic heterocycles. The predicted molar refractivity (Wildman–Crippen MR) is 131 cm³/mol. The lowest BCUT2D eigenvalue weighted by molar-refractivity contribution is 0.0661. The van der Waals surface area contributed by atoms with Crippen LogP contribution in [-0.2, 0) is 0 Å². The molecule has 0 fully saturated rings. The van der Waals surface area contributed by atoms with Gasteiger partial charge < -0.3 is 10.4 Å². The van der Waals surface area contributed by atoms with Gasteiger partial charge in [0.1, 0.15) is 10.3 Å². The highest BCUT2D eigenvalue weighted by molar-refractivity contribution is 9.10. The monoisotopic (exact) mass is 559 g/mol. The number of nitrogens with one attached hydrogen (secondary N) is 2. The van der Waals surface area contributed by atoms with Crippen LogP contribution < -0.4 is 10.7 Å². The number of carbonyl (C=O) groups excluding carboxylic acids is 2. The highest BCUT2D eigenvalue weighted by Gasteiger charge is 2.25. The van der Waals surface area contributed by atoms with Crippen LogP contribution in [0.1, 0.15) is 44.5 Å². The number of carbonyl (C=O) groups is 3. The minimum absolute atomic E-state index is 0.00772. The summed E-state index contributed by atoms with van der Waals surface area (Å²) in [7, 11) is 0. The molecule has 11 nitrogen and oxygen atoms in total. The second-order valence-electron chi connectivity index (χ2n) is 7.25. The van der Waals surface area contributed by atoms with E-state index in [4.69, 9.17) is 16.7 Å². The second kappa shape index (κ2) is 10.5. The van der Waals surface area contributed by atoms with Crippen molar-refractivity contribution in [2.45, 2.75) is 20.8 Å². The third kappa shape index (κ3) is 5.42. The zero-order valence-electron chi connectivity index (χ0n) is 18.8. The molecule has 0 radical (unpaired) electrons. The van der Waals surface area contributed by atoms with Crippen LogP contribution in [0.4, 0.5) is 10.5 Å². The van der Waals surface area contributed by atoms with Gasteiger partial charge in [0, 0.05) is 29.4 Å². The number of pyridine rings is 1. The van der Waals surface area contributed by atoms with Crippen molar-refractivity contribution in [1.29, 1.82) is 5.26 Å². The van der Waals surface area contributed by atoms with E-state index in [-0.39, 0.29) is 29.1 Å². The van der Waals surface area contributed by atoms with E-state index in [1.54, 1.807) is 26.8 Å². The van der Waals surface area contributed by atoms with Crippen molar-refractivity contribution in [1.82, 2.24) is 25.2 Å². The maximum Gasteiger partial charge on any atom is 0.423 e. The number of aromatic nitrogens is 3. The van der Waals surface area contributed by atoms with Gasteiger partial charge in [-0.3, -0.25) is 9.59 Å². The lowest BCUT2D eigenvalue weighted by Gasteiger charge is -2.22. The minimum Gasteiger partial charge on any atom is -0.464 e. The van der Waals surface area contributed by atoms with Gasteiger partial charge in [-0.2, -0.15) is 10.4 Å². The van der Waals surface area contributed by atoms with Crippen LogP contribution in [0.15, 0.2) is 35.1 Å². The number of carboxylic acid groups (broad SMARTS) is 1. The highest BCUT2D eigenvalue weighted by Crippen LogP contribution is 2.27. The molecule has 3 aromatic rings. The summed E-state index contributed by atoms with van der Waals surface area (Å²) in [5, 5.41) is 26.7. The van der Waals surface area contributed by atoms with Gasteiger partial charge in [-0.15, -0.1) is 0 Å². The molecule has 3 N–H and O–H groups in total. The molecule has 2 heterocycles. The Kier molecular flexibility index (Phi) is 7.73. The number of halogens is 2. The normalized spacial score (nSPS) is 10.4. The quantitative estimate of drug-likeness (QED) is 0.398. The van der Waals surface area contributed by atoms with Crippen LogP contribution in [0.3, 0.4) is 0 Å². The molecule has 0 aliphatic carbocycles. The smallest absolute Gasteiger partial charge is 0.423 e. The summed E-state index contributed by atoms with van der Waals surface area (Å²) >= 11 is 9.47. The van der Waals surface area contributed by atoms with E-state index in [0.29, 0.717) is 26.6 Å². The van der Waals surface area contributed by atoms with E-state index >= 15 is 0 Å². The first-order valence-corrected chi connectivity index (χ1v) is 11.3. The molecule has 0 saturated carbocycles. The van der Waals surface area contributed by atoms with E-state index in [2.05, 4.69) is 31.3 Å². The Morgan fingerprint density at radius 2 is 2.00 bits per heavy atom. The van der Waals surface area contributed by atoms with Gasteiger partial charge in [-0.25, -0.2) is 24.9 Å². The van der Waals surface area contributed by atoms with Crippen molar-refractivity contribution in [2.24, 2.45) is 0 Å². The fourth-order valence-electron chi connectivity index (χ4n) is 3.29. The maximum absolute atomic E-state index is 13.4. The van der Waals surface area contributed by atoms with E-state index < -0.39 is 17.9 Å². The minimum atomic E-state index is -1.43. The lowest BCUT2D eigenvalue weighted by atomic mass is 10.0. The molecule has 0 aliphatic rings. The van der Waals surface area contributed by atoms with E-state index in [0.717, 1.165) is 5.01 Å². The summed E-state index contributed by atoms with van der Waals surface area (Å²) in [6, 6.07) is 7.83. The number of rotatable bonds is 5. The molecular weight excluding hydrogens is 542 g/mol. The SMILES string of the molecule is CCN(NC(=O)O)C(=O)c1cc(C#N)cc(C)c1NC(=O)c1cc(Br)nn1-c1nccc(Cl)c1C. The lowest BCUT2D eigenvalue weighted by Crippen LogP contribution is -2.45. The van der Waals surface area contributed by atoms with Crippen LogP contribution in [0.5, 0.6) is 0 Å². The molecule has 3 rings (SSSR count). The number of aryl methyl sites for hydroxylation is 1. The number of hydrogen-bond acceptors (Lipinski definition) is 6. The Hall–Kier alpha value is -3.95. The largest absolute Gasteiger partial charge is 0.464 e. The van der Waals surface area contributed by atoms with Crippen LogP contribution in [0.2, 0.25) is 5.02 Å². The fourth-order valence-corrected chi connectivity index (χ4v) is 3.81. The standard InChI is InChI=1S/C22H19BrClN7O4/c1-4-30(29-22(34)35)21(33)14-8-13(10-25)7-11(2)18(14)27-20(32)16-9-17(23)28-31(16)19-12(3)15(24)5-6-26-19/h5-9,29H,4H2,1-3H3,(H,27,32)(H,34,35). The number of hydrogen-bond donors (Lipinski definition) is 3. The maximum atomic E-state index is 13.4. The Balaban J connectivity index is 2.08. The molecule has 1 aromatic carbocycles. The fraction of sp³-hybridized carbons (Fsp3) is 0.182. The van der Waals surface area contributed by atoms with Gasteiger partial charge in [-0.05, 0) is 60.5 Å². The second-order valence-corrected chi connectivity index (χ2v) is 8.47. The molecule has 0 atom stereocenters. The van der Waals surface area contributed by atoms with Crippen LogP contribution in [-0.4, -0.2) is 49.3 Å². The Labute approximate surface area is 213 Å². The molecule has 0 unspecified atom stereocenters. The first-order valence-electron chi connectivity index (χ1n) is 10.1. The zero-order chi connectivity index (χ0) is 25.9. The van der Waals surface area contributed by atoms with Crippen molar-refractivity contribution in [3.05, 3.63) is 68.0 Å². The topological polar surface area (TPSA) is 153 Å². The Bertz CT molecular complexity index is 1380. The number of amides is 3. The third-order valence-corrected chi connectivity index (χ3v) is 5.75. The number of nitrogens with zero attached hydrogens (tertiary/aromatic N) is 5. The summed E-state index contributed by atoms with van der Waals surface area (Å²) in [6.07, 6.45) is 0.0511. The summed E-state index contributed by atoms with van der Waals surface area (Å²) in [5.41, 5.74) is 3.34. The number of hydrazine groups is 1. The highest BCUT2D eigenvalue weighted by atomic mass is 79.9. The van der Waals surface area contributed by atoms with Crippen molar-refractivity contribution < 1.29 is 19.5 Å². The van der Waals surface area contributed by atoms with E-state index in [1.807, 2.05) is 11.5 Å². The molecule has 35 heavy (non-hydrogen) atoms. The molecule has 0 spiro atoms. The van der Waals surface area contributed by atoms with Gasteiger partial charge in [-0.1, -0.05) is 11.6 Å². The zero-order valence-corrected chi connectivity index (χ0v) is 21.1. The molecule has 0 bridgehead atoms. The average Bonchev–Trinajstić information content (AvgIpc) is 3.21. The Morgan fingerprint density at radius 1 is 1.29 bits per heavy atom. The Morgan fingerprint density at radius 3 is 2.63 bits per heavy atom. The van der Waals surface area contributed by atoms with Gasteiger partial charge in [0.25, 0.3) is 11.8 Å². The molecular formula is C22H19BrClN7O4. The van der Waals surface area contributed by atoms with Gasteiger partial charge in [0.15, 0.2) is 5.82 Å². The van der Waals surface area contributed by atoms with Crippen LogP contribution in [0, 0.1) is 25.2 Å². The van der Waals surface area contributed by atoms with Crippen LogP contribution in [0.25, 0.3) is 5.82 Å². The summed E-state index contributed by atoms with van der Waals surface area (Å²) in [5.74, 6) is -1.03. The average molecular weight is 561 g/mol. The summed E-state index contributed by atoms with van der Waals surface area (Å²) in [4.78, 5) is 41.9.